The number of hydrogen-bond donors (Lipinski definition) is 1. The molecule has 0 saturated carbocycles. The highest BCUT2D eigenvalue weighted by atomic mass is 32.2. The summed E-state index contributed by atoms with van der Waals surface area (Å²) in [6, 6.07) is 7.52. The van der Waals surface area contributed by atoms with E-state index in [9.17, 15) is 4.79 Å². The van der Waals surface area contributed by atoms with Crippen LogP contribution in [0.4, 0.5) is 0 Å². The lowest BCUT2D eigenvalue weighted by atomic mass is 10.1. The fraction of sp³-hybridized carbons (Fsp3) is 0.357. The Bertz CT molecular complexity index is 419. The molecule has 19 heavy (non-hydrogen) atoms. The average molecular weight is 283 g/mol. The second-order valence-corrected chi connectivity index (χ2v) is 4.72. The van der Waals surface area contributed by atoms with E-state index in [2.05, 4.69) is 4.74 Å². The number of rotatable bonds is 5. The number of thioether (sulfide) groups is 1. The quantitative estimate of drug-likeness (QED) is 0.664. The Morgan fingerprint density at radius 1 is 1.32 bits per heavy atom. The first kappa shape index (κ1) is 17.5. The van der Waals surface area contributed by atoms with Crippen molar-refractivity contribution >= 4 is 23.0 Å². The number of nitrogens with two attached hydrogens (primary N) is 1. The first-order valence-electron chi connectivity index (χ1n) is 5.77. The molecule has 5 heteroatoms. The number of allylic oxidation sites excluding steroid dienone is 1. The topological polar surface area (TPSA) is 61.6 Å². The minimum atomic E-state index is 0.247. The molecule has 0 saturated heterocycles. The van der Waals surface area contributed by atoms with Gasteiger partial charge in [0.1, 0.15) is 5.75 Å². The van der Waals surface area contributed by atoms with Gasteiger partial charge in [0.05, 0.1) is 12.8 Å². The molecule has 1 rings (SSSR count). The molecular formula is C14H21NO3S. The number of benzene rings is 1. The molecule has 1 aromatic rings. The van der Waals surface area contributed by atoms with Crippen LogP contribution in [-0.2, 0) is 9.53 Å². The Kier molecular flexibility index (Phi) is 9.66. The number of carbonyl (C=O) groups excluding carboxylic acids is 1. The van der Waals surface area contributed by atoms with E-state index in [1.807, 2.05) is 31.2 Å². The number of para-hydroxylation sites is 1. The highest BCUT2D eigenvalue weighted by molar-refractivity contribution is 8.08. The lowest BCUT2D eigenvalue weighted by Crippen LogP contribution is -2.03. The monoisotopic (exact) mass is 283 g/mol. The van der Waals surface area contributed by atoms with Gasteiger partial charge in [0.25, 0.3) is 0 Å². The van der Waals surface area contributed by atoms with Crippen molar-refractivity contribution in [3.8, 4) is 5.75 Å². The Labute approximate surface area is 119 Å². The third-order valence-corrected chi connectivity index (χ3v) is 3.06. The van der Waals surface area contributed by atoms with Gasteiger partial charge in [-0.3, -0.25) is 4.79 Å². The van der Waals surface area contributed by atoms with E-state index in [-0.39, 0.29) is 5.70 Å². The van der Waals surface area contributed by atoms with Crippen LogP contribution < -0.4 is 10.5 Å². The molecule has 1 aromatic carbocycles. The summed E-state index contributed by atoms with van der Waals surface area (Å²) in [7, 11) is 4.85. The number of carbonyl (C=O) groups is 1. The van der Waals surface area contributed by atoms with Crippen molar-refractivity contribution in [2.75, 3.05) is 27.1 Å². The van der Waals surface area contributed by atoms with Gasteiger partial charge in [-0.25, -0.2) is 0 Å². The maximum atomic E-state index is 10.8. The van der Waals surface area contributed by atoms with Gasteiger partial charge in [-0.05, 0) is 11.8 Å². The van der Waals surface area contributed by atoms with Gasteiger partial charge in [0.15, 0.2) is 6.29 Å². The van der Waals surface area contributed by atoms with Gasteiger partial charge in [0.2, 0.25) is 0 Å². The van der Waals surface area contributed by atoms with E-state index in [1.54, 1.807) is 21.3 Å². The van der Waals surface area contributed by atoms with Crippen LogP contribution in [0.2, 0.25) is 0 Å². The summed E-state index contributed by atoms with van der Waals surface area (Å²) in [6.45, 7) is 2.01. The molecule has 0 radical (unpaired) electrons. The van der Waals surface area contributed by atoms with Crippen LogP contribution in [0.3, 0.4) is 0 Å². The Balaban J connectivity index is 0.000000982. The van der Waals surface area contributed by atoms with Crippen molar-refractivity contribution in [2.24, 2.45) is 5.73 Å². The fourth-order valence-corrected chi connectivity index (χ4v) is 2.17. The van der Waals surface area contributed by atoms with Crippen LogP contribution >= 0.6 is 11.8 Å². The van der Waals surface area contributed by atoms with Crippen LogP contribution in [0.1, 0.15) is 12.5 Å². The molecule has 2 N–H and O–H groups in total. The maximum Gasteiger partial charge on any atom is 0.166 e. The van der Waals surface area contributed by atoms with Crippen molar-refractivity contribution < 1.29 is 14.3 Å². The summed E-state index contributed by atoms with van der Waals surface area (Å²) < 4.78 is 9.50. The fourth-order valence-electron chi connectivity index (χ4n) is 1.35. The highest BCUT2D eigenvalue weighted by Gasteiger charge is 2.11. The van der Waals surface area contributed by atoms with Crippen molar-refractivity contribution in [1.29, 1.82) is 0 Å². The van der Waals surface area contributed by atoms with Crippen LogP contribution in [-0.4, -0.2) is 33.4 Å². The van der Waals surface area contributed by atoms with Crippen molar-refractivity contribution in [2.45, 2.75) is 6.92 Å². The van der Waals surface area contributed by atoms with E-state index in [0.717, 1.165) is 22.0 Å². The van der Waals surface area contributed by atoms with E-state index in [0.29, 0.717) is 6.29 Å². The molecule has 0 amide bonds. The first-order chi connectivity index (χ1) is 9.15. The number of methoxy groups -OCH3 is 2. The molecule has 106 valence electrons. The van der Waals surface area contributed by atoms with E-state index in [4.69, 9.17) is 10.5 Å². The summed E-state index contributed by atoms with van der Waals surface area (Å²) in [5, 5.41) is 0. The van der Waals surface area contributed by atoms with Gasteiger partial charge in [-0.15, -0.1) is 11.8 Å². The molecule has 0 fully saturated rings. The van der Waals surface area contributed by atoms with E-state index < -0.39 is 0 Å². The predicted octanol–water partition coefficient (Wildman–Crippen LogP) is 2.54. The van der Waals surface area contributed by atoms with Crippen LogP contribution in [0.25, 0.3) is 4.91 Å². The second kappa shape index (κ2) is 10.5. The number of ether oxygens (including phenoxy) is 2. The third-order valence-electron chi connectivity index (χ3n) is 2.03. The van der Waals surface area contributed by atoms with Gasteiger partial charge in [-0.1, -0.05) is 25.1 Å². The third kappa shape index (κ3) is 5.81. The Morgan fingerprint density at radius 2 is 1.89 bits per heavy atom. The molecule has 0 aliphatic rings. The highest BCUT2D eigenvalue weighted by Crippen LogP contribution is 2.34. The Morgan fingerprint density at radius 3 is 2.37 bits per heavy atom. The molecule has 0 aliphatic heterocycles. The van der Waals surface area contributed by atoms with Gasteiger partial charge < -0.3 is 15.2 Å². The molecule has 0 unspecified atom stereocenters. The second-order valence-electron chi connectivity index (χ2n) is 3.44. The average Bonchev–Trinajstić information content (AvgIpc) is 2.45. The molecule has 0 atom stereocenters. The van der Waals surface area contributed by atoms with Crippen molar-refractivity contribution in [1.82, 2.24) is 0 Å². The van der Waals surface area contributed by atoms with Crippen molar-refractivity contribution in [3.05, 3.63) is 35.5 Å². The molecule has 0 aromatic heterocycles. The van der Waals surface area contributed by atoms with E-state index >= 15 is 0 Å². The largest absolute Gasteiger partial charge is 0.496 e. The molecular weight excluding hydrogens is 262 g/mol. The standard InChI is InChI=1S/C12H15NO2S.C2H6O/c1-3-16-12(10(13)8-14)9-6-4-5-7-11(9)15-2;1-3-2/h4-8H,3,13H2,1-2H3;1-2H3/b12-10-;. The molecule has 0 bridgehead atoms. The first-order valence-corrected chi connectivity index (χ1v) is 6.75. The minimum Gasteiger partial charge on any atom is -0.496 e. The summed E-state index contributed by atoms with van der Waals surface area (Å²) in [5.41, 5.74) is 6.80. The predicted molar refractivity (Wildman–Crippen MR) is 81.2 cm³/mol. The van der Waals surface area contributed by atoms with Crippen LogP contribution in [0, 0.1) is 0 Å². The SMILES string of the molecule is CCS/C(=C(\N)C=O)c1ccccc1OC.COC. The van der Waals surface area contributed by atoms with Gasteiger partial charge in [0, 0.05) is 24.7 Å². The molecule has 0 heterocycles. The summed E-state index contributed by atoms with van der Waals surface area (Å²) in [4.78, 5) is 11.5. The normalized spacial score (nSPS) is 10.9. The minimum absolute atomic E-state index is 0.247. The molecule has 4 nitrogen and oxygen atoms in total. The zero-order valence-electron chi connectivity index (χ0n) is 11.8. The number of aldehydes is 1. The summed E-state index contributed by atoms with van der Waals surface area (Å²) >= 11 is 1.54. The van der Waals surface area contributed by atoms with Crippen LogP contribution in [0.15, 0.2) is 30.0 Å². The molecule has 0 spiro atoms. The zero-order valence-corrected chi connectivity index (χ0v) is 12.6. The molecule has 0 aliphatic carbocycles. The smallest absolute Gasteiger partial charge is 0.166 e. The lowest BCUT2D eigenvalue weighted by molar-refractivity contribution is -0.104. The Hall–Kier alpha value is -1.46. The summed E-state index contributed by atoms with van der Waals surface area (Å²) in [5.74, 6) is 1.57. The van der Waals surface area contributed by atoms with Crippen LogP contribution in [0.5, 0.6) is 5.75 Å². The van der Waals surface area contributed by atoms with E-state index in [1.165, 1.54) is 11.8 Å². The lowest BCUT2D eigenvalue weighted by Gasteiger charge is -2.11. The summed E-state index contributed by atoms with van der Waals surface area (Å²) in [6.07, 6.45) is 0.671. The number of hydrogen-bond acceptors (Lipinski definition) is 5. The maximum absolute atomic E-state index is 10.8. The van der Waals surface area contributed by atoms with Gasteiger partial charge >= 0.3 is 0 Å². The van der Waals surface area contributed by atoms with Crippen molar-refractivity contribution in [3.63, 3.8) is 0 Å². The zero-order chi connectivity index (χ0) is 14.7. The van der Waals surface area contributed by atoms with Gasteiger partial charge in [-0.2, -0.15) is 0 Å².